The van der Waals surface area contributed by atoms with Crippen molar-refractivity contribution in [2.45, 2.75) is 26.3 Å². The van der Waals surface area contributed by atoms with Crippen LogP contribution in [0.1, 0.15) is 42.5 Å². The molecule has 1 aromatic heterocycles. The van der Waals surface area contributed by atoms with E-state index in [1.54, 1.807) is 36.0 Å². The van der Waals surface area contributed by atoms with Gasteiger partial charge in [0, 0.05) is 12.7 Å². The predicted octanol–water partition coefficient (Wildman–Crippen LogP) is 2.51. The molecular weight excluding hydrogens is 322 g/mol. The van der Waals surface area contributed by atoms with Gasteiger partial charge in [0.2, 0.25) is 0 Å². The first kappa shape index (κ1) is 18.4. The van der Waals surface area contributed by atoms with Crippen molar-refractivity contribution >= 4 is 17.7 Å². The Morgan fingerprint density at radius 2 is 2.08 bits per heavy atom. The second-order valence-electron chi connectivity index (χ2n) is 6.09. The zero-order valence-corrected chi connectivity index (χ0v) is 14.8. The fraction of sp³-hybridized carbons (Fsp3) is 0.412. The minimum absolute atomic E-state index is 0.267. The summed E-state index contributed by atoms with van der Waals surface area (Å²) in [5.74, 6) is 0.595. The van der Waals surface area contributed by atoms with Gasteiger partial charge in [-0.3, -0.25) is 4.68 Å². The number of hydrogen-bond acceptors (Lipinski definition) is 5. The molecule has 134 valence electrons. The van der Waals surface area contributed by atoms with Crippen LogP contribution in [0.4, 0.5) is 10.5 Å². The van der Waals surface area contributed by atoms with Gasteiger partial charge in [-0.2, -0.15) is 5.10 Å². The number of esters is 1. The molecule has 0 bridgehead atoms. The number of urea groups is 1. The summed E-state index contributed by atoms with van der Waals surface area (Å²) in [6, 6.07) is 5.91. The highest BCUT2D eigenvalue weighted by Gasteiger charge is 2.20. The number of nitrogens with zero attached hydrogens (tertiary/aromatic N) is 3. The lowest BCUT2D eigenvalue weighted by Gasteiger charge is -2.20. The summed E-state index contributed by atoms with van der Waals surface area (Å²) in [6.45, 7) is 4.14. The smallest absolute Gasteiger partial charge is 0.337 e. The highest BCUT2D eigenvalue weighted by Crippen LogP contribution is 2.19. The Morgan fingerprint density at radius 3 is 2.68 bits per heavy atom. The van der Waals surface area contributed by atoms with E-state index in [0.29, 0.717) is 23.0 Å². The Labute approximate surface area is 146 Å². The molecule has 2 aromatic rings. The SMILES string of the molecule is COC(=O)c1cccc(NC(=O)N[C@H](CC(C)C)c2ncnn2C)c1. The maximum atomic E-state index is 12.4. The molecule has 2 amide bonds. The summed E-state index contributed by atoms with van der Waals surface area (Å²) >= 11 is 0. The molecule has 0 aliphatic rings. The molecule has 0 saturated heterocycles. The first-order valence-corrected chi connectivity index (χ1v) is 8.00. The number of nitrogens with one attached hydrogen (secondary N) is 2. The van der Waals surface area contributed by atoms with Gasteiger partial charge < -0.3 is 15.4 Å². The Balaban J connectivity index is 2.09. The Kier molecular flexibility index (Phi) is 6.10. The van der Waals surface area contributed by atoms with E-state index in [-0.39, 0.29) is 12.1 Å². The minimum atomic E-state index is -0.458. The van der Waals surface area contributed by atoms with Crippen molar-refractivity contribution in [2.75, 3.05) is 12.4 Å². The molecule has 0 radical (unpaired) electrons. The molecule has 2 N–H and O–H groups in total. The molecule has 2 rings (SSSR count). The normalized spacial score (nSPS) is 11.9. The van der Waals surface area contributed by atoms with Crippen LogP contribution >= 0.6 is 0 Å². The highest BCUT2D eigenvalue weighted by atomic mass is 16.5. The monoisotopic (exact) mass is 345 g/mol. The van der Waals surface area contributed by atoms with Crippen LogP contribution in [0, 0.1) is 5.92 Å². The fourth-order valence-electron chi connectivity index (χ4n) is 2.49. The highest BCUT2D eigenvalue weighted by molar-refractivity contribution is 5.93. The van der Waals surface area contributed by atoms with Gasteiger partial charge >= 0.3 is 12.0 Å². The van der Waals surface area contributed by atoms with Crippen LogP contribution in [-0.2, 0) is 11.8 Å². The third-order valence-corrected chi connectivity index (χ3v) is 3.61. The topological polar surface area (TPSA) is 98.1 Å². The van der Waals surface area contributed by atoms with Crippen LogP contribution in [0.15, 0.2) is 30.6 Å². The number of amides is 2. The molecule has 0 fully saturated rings. The molecule has 25 heavy (non-hydrogen) atoms. The summed E-state index contributed by atoms with van der Waals surface area (Å²) in [6.07, 6.45) is 2.18. The Hall–Kier alpha value is -2.90. The van der Waals surface area contributed by atoms with E-state index in [1.807, 2.05) is 0 Å². The lowest BCUT2D eigenvalue weighted by Crippen LogP contribution is -2.34. The van der Waals surface area contributed by atoms with E-state index in [0.717, 1.165) is 6.42 Å². The second kappa shape index (κ2) is 8.27. The lowest BCUT2D eigenvalue weighted by molar-refractivity contribution is 0.0600. The number of carbonyl (C=O) groups is 2. The van der Waals surface area contributed by atoms with Gasteiger partial charge in [-0.15, -0.1) is 0 Å². The van der Waals surface area contributed by atoms with E-state index in [2.05, 4.69) is 39.3 Å². The average molecular weight is 345 g/mol. The van der Waals surface area contributed by atoms with Gasteiger partial charge in [-0.25, -0.2) is 14.6 Å². The van der Waals surface area contributed by atoms with Crippen molar-refractivity contribution < 1.29 is 14.3 Å². The molecule has 0 saturated carbocycles. The molecule has 0 aliphatic carbocycles. The number of carbonyl (C=O) groups excluding carboxylic acids is 2. The van der Waals surface area contributed by atoms with E-state index in [9.17, 15) is 9.59 Å². The Morgan fingerprint density at radius 1 is 1.32 bits per heavy atom. The van der Waals surface area contributed by atoms with Gasteiger partial charge in [0.15, 0.2) is 0 Å². The number of methoxy groups -OCH3 is 1. The van der Waals surface area contributed by atoms with Crippen molar-refractivity contribution in [3.05, 3.63) is 42.0 Å². The molecule has 0 aliphatic heterocycles. The van der Waals surface area contributed by atoms with Crippen molar-refractivity contribution in [1.82, 2.24) is 20.1 Å². The van der Waals surface area contributed by atoms with Crippen molar-refractivity contribution in [3.63, 3.8) is 0 Å². The second-order valence-corrected chi connectivity index (χ2v) is 6.09. The zero-order chi connectivity index (χ0) is 18.4. The van der Waals surface area contributed by atoms with Gasteiger partial charge in [0.05, 0.1) is 18.7 Å². The van der Waals surface area contributed by atoms with Crippen LogP contribution < -0.4 is 10.6 Å². The quantitative estimate of drug-likeness (QED) is 0.784. The summed E-state index contributed by atoms with van der Waals surface area (Å²) in [5.41, 5.74) is 0.869. The minimum Gasteiger partial charge on any atom is -0.465 e. The van der Waals surface area contributed by atoms with Crippen molar-refractivity contribution in [1.29, 1.82) is 0 Å². The third kappa shape index (κ3) is 5.03. The number of benzene rings is 1. The number of rotatable bonds is 6. The van der Waals surface area contributed by atoms with E-state index in [4.69, 9.17) is 0 Å². The average Bonchev–Trinajstić information content (AvgIpc) is 2.99. The molecule has 1 heterocycles. The van der Waals surface area contributed by atoms with Gasteiger partial charge in [-0.05, 0) is 30.5 Å². The number of hydrogen-bond donors (Lipinski definition) is 2. The molecule has 0 unspecified atom stereocenters. The van der Waals surface area contributed by atoms with Crippen molar-refractivity contribution in [2.24, 2.45) is 13.0 Å². The van der Waals surface area contributed by atoms with Crippen LogP contribution in [0.2, 0.25) is 0 Å². The maximum absolute atomic E-state index is 12.4. The number of aromatic nitrogens is 3. The maximum Gasteiger partial charge on any atom is 0.337 e. The predicted molar refractivity (Wildman–Crippen MR) is 93.1 cm³/mol. The van der Waals surface area contributed by atoms with Gasteiger partial charge in [0.1, 0.15) is 12.2 Å². The van der Waals surface area contributed by atoms with Crippen LogP contribution in [0.5, 0.6) is 0 Å². The largest absolute Gasteiger partial charge is 0.465 e. The van der Waals surface area contributed by atoms with Crippen LogP contribution in [0.25, 0.3) is 0 Å². The van der Waals surface area contributed by atoms with Gasteiger partial charge in [-0.1, -0.05) is 19.9 Å². The van der Waals surface area contributed by atoms with Crippen LogP contribution in [-0.4, -0.2) is 33.9 Å². The molecule has 1 aromatic carbocycles. The number of aryl methyl sites for hydroxylation is 1. The molecule has 8 nitrogen and oxygen atoms in total. The fourth-order valence-corrected chi connectivity index (χ4v) is 2.49. The van der Waals surface area contributed by atoms with E-state index < -0.39 is 5.97 Å². The third-order valence-electron chi connectivity index (χ3n) is 3.61. The van der Waals surface area contributed by atoms with Gasteiger partial charge in [0.25, 0.3) is 0 Å². The molecule has 1 atom stereocenters. The number of anilines is 1. The molecule has 0 spiro atoms. The van der Waals surface area contributed by atoms with E-state index in [1.165, 1.54) is 13.4 Å². The summed E-state index contributed by atoms with van der Waals surface area (Å²) in [7, 11) is 3.10. The lowest BCUT2D eigenvalue weighted by atomic mass is 10.0. The summed E-state index contributed by atoms with van der Waals surface area (Å²) < 4.78 is 6.33. The van der Waals surface area contributed by atoms with E-state index >= 15 is 0 Å². The Bertz CT molecular complexity index is 741. The summed E-state index contributed by atoms with van der Waals surface area (Å²) in [4.78, 5) is 28.2. The van der Waals surface area contributed by atoms with Crippen molar-refractivity contribution in [3.8, 4) is 0 Å². The summed E-state index contributed by atoms with van der Waals surface area (Å²) in [5, 5.41) is 9.70. The number of ether oxygens (including phenoxy) is 1. The molecular formula is C17H23N5O3. The first-order valence-electron chi connectivity index (χ1n) is 8.00. The molecule has 8 heteroatoms. The standard InChI is InChI=1S/C17H23N5O3/c1-11(2)8-14(15-18-10-19-22(15)3)21-17(24)20-13-7-5-6-12(9-13)16(23)25-4/h5-7,9-11,14H,8H2,1-4H3,(H2,20,21,24)/t14-/m1/s1. The van der Waals surface area contributed by atoms with Crippen LogP contribution in [0.3, 0.4) is 0 Å². The first-order chi connectivity index (χ1) is 11.9. The zero-order valence-electron chi connectivity index (χ0n) is 14.8.